The van der Waals surface area contributed by atoms with Crippen molar-refractivity contribution in [1.82, 2.24) is 9.97 Å². The van der Waals surface area contributed by atoms with Crippen LogP contribution >= 0.6 is 11.3 Å². The quantitative estimate of drug-likeness (QED) is 0.870. The fourth-order valence-corrected chi connectivity index (χ4v) is 3.52. The molecule has 0 amide bonds. The van der Waals surface area contributed by atoms with Gasteiger partial charge in [0.2, 0.25) is 5.95 Å². The van der Waals surface area contributed by atoms with Crippen molar-refractivity contribution in [2.75, 3.05) is 24.3 Å². The molecular formula is C16H26N4S. The third-order valence-electron chi connectivity index (χ3n) is 3.80. The number of nitrogens with one attached hydrogen (secondary N) is 1. The first-order valence-corrected chi connectivity index (χ1v) is 8.48. The number of nitrogens with zero attached hydrogens (tertiary/aromatic N) is 3. The summed E-state index contributed by atoms with van der Waals surface area (Å²) in [5, 5.41) is 4.25. The van der Waals surface area contributed by atoms with Gasteiger partial charge < -0.3 is 10.2 Å². The molecule has 0 radical (unpaired) electrons. The van der Waals surface area contributed by atoms with E-state index in [0.717, 1.165) is 23.5 Å². The van der Waals surface area contributed by atoms with E-state index in [1.807, 2.05) is 7.05 Å². The molecule has 0 aliphatic heterocycles. The maximum atomic E-state index is 4.71. The lowest BCUT2D eigenvalue weighted by Gasteiger charge is -2.28. The van der Waals surface area contributed by atoms with Gasteiger partial charge in [-0.15, -0.1) is 11.3 Å². The molecule has 2 heterocycles. The summed E-state index contributed by atoms with van der Waals surface area (Å²) < 4.78 is 0. The Bertz CT molecular complexity index is 606. The van der Waals surface area contributed by atoms with Gasteiger partial charge >= 0.3 is 0 Å². The second-order valence-corrected chi connectivity index (χ2v) is 7.11. The average molecular weight is 306 g/mol. The normalized spacial score (nSPS) is 12.9. The molecule has 0 spiro atoms. The molecule has 1 unspecified atom stereocenters. The van der Waals surface area contributed by atoms with Crippen molar-refractivity contribution in [1.29, 1.82) is 0 Å². The molecule has 1 N–H and O–H groups in total. The number of hydrogen-bond acceptors (Lipinski definition) is 5. The van der Waals surface area contributed by atoms with Gasteiger partial charge in [0.05, 0.1) is 5.39 Å². The highest BCUT2D eigenvalue weighted by atomic mass is 32.1. The van der Waals surface area contributed by atoms with Gasteiger partial charge in [-0.2, -0.15) is 4.98 Å². The predicted molar refractivity (Wildman–Crippen MR) is 93.7 cm³/mol. The lowest BCUT2D eigenvalue weighted by atomic mass is 10.0. The predicted octanol–water partition coefficient (Wildman–Crippen LogP) is 4.17. The Morgan fingerprint density at radius 3 is 2.57 bits per heavy atom. The minimum Gasteiger partial charge on any atom is -0.357 e. The van der Waals surface area contributed by atoms with Gasteiger partial charge in [0.15, 0.2) is 0 Å². The Morgan fingerprint density at radius 1 is 1.29 bits per heavy atom. The molecule has 21 heavy (non-hydrogen) atoms. The van der Waals surface area contributed by atoms with Crippen LogP contribution in [-0.4, -0.2) is 30.1 Å². The third-order valence-corrected chi connectivity index (χ3v) is 4.98. The van der Waals surface area contributed by atoms with E-state index in [-0.39, 0.29) is 0 Å². The molecule has 5 heteroatoms. The zero-order valence-electron chi connectivity index (χ0n) is 13.9. The van der Waals surface area contributed by atoms with Gasteiger partial charge in [-0.25, -0.2) is 4.98 Å². The minimum atomic E-state index is 0.456. The molecule has 4 nitrogen and oxygen atoms in total. The van der Waals surface area contributed by atoms with Gasteiger partial charge in [-0.05, 0) is 31.7 Å². The van der Waals surface area contributed by atoms with Crippen molar-refractivity contribution in [3.05, 3.63) is 10.9 Å². The molecule has 0 aromatic carbocycles. The highest BCUT2D eigenvalue weighted by Crippen LogP contribution is 2.33. The average Bonchev–Trinajstić information content (AvgIpc) is 2.87. The SMILES string of the molecule is CCc1cc2c(N(C)C(C)CC(C)C)nc(NC)nc2s1. The van der Waals surface area contributed by atoms with Crippen molar-refractivity contribution < 1.29 is 0 Å². The molecule has 1 atom stereocenters. The van der Waals surface area contributed by atoms with E-state index in [1.54, 1.807) is 11.3 Å². The monoisotopic (exact) mass is 306 g/mol. The molecule has 0 fully saturated rings. The first kappa shape index (κ1) is 16.0. The van der Waals surface area contributed by atoms with Crippen molar-refractivity contribution in [2.24, 2.45) is 5.92 Å². The number of thiophene rings is 1. The number of fused-ring (bicyclic) bond motifs is 1. The number of rotatable bonds is 6. The van der Waals surface area contributed by atoms with E-state index in [9.17, 15) is 0 Å². The van der Waals surface area contributed by atoms with Gasteiger partial charge in [0, 0.05) is 25.0 Å². The van der Waals surface area contributed by atoms with Crippen LogP contribution in [-0.2, 0) is 6.42 Å². The summed E-state index contributed by atoms with van der Waals surface area (Å²) in [6, 6.07) is 2.70. The van der Waals surface area contributed by atoms with Gasteiger partial charge in [-0.1, -0.05) is 20.8 Å². The standard InChI is InChI=1S/C16H26N4S/c1-7-12-9-13-14(20(6)11(4)8-10(2)3)18-16(17-5)19-15(13)21-12/h9-11H,7-8H2,1-6H3,(H,17,18,19). The van der Waals surface area contributed by atoms with E-state index in [1.165, 1.54) is 10.3 Å². The van der Waals surface area contributed by atoms with Crippen LogP contribution < -0.4 is 10.2 Å². The zero-order chi connectivity index (χ0) is 15.6. The summed E-state index contributed by atoms with van der Waals surface area (Å²) in [5.74, 6) is 2.41. The molecule has 0 bridgehead atoms. The van der Waals surface area contributed by atoms with E-state index in [0.29, 0.717) is 17.9 Å². The van der Waals surface area contributed by atoms with Crippen LogP contribution in [0.1, 0.15) is 39.0 Å². The lowest BCUT2D eigenvalue weighted by Crippen LogP contribution is -2.31. The van der Waals surface area contributed by atoms with E-state index in [2.05, 4.69) is 56.0 Å². The number of aryl methyl sites for hydroxylation is 1. The van der Waals surface area contributed by atoms with E-state index >= 15 is 0 Å². The smallest absolute Gasteiger partial charge is 0.225 e. The first-order valence-electron chi connectivity index (χ1n) is 7.67. The molecule has 0 aliphatic rings. The van der Waals surface area contributed by atoms with Crippen molar-refractivity contribution in [3.8, 4) is 0 Å². The fourth-order valence-electron chi connectivity index (χ4n) is 2.56. The van der Waals surface area contributed by atoms with Gasteiger partial charge in [-0.3, -0.25) is 0 Å². The highest BCUT2D eigenvalue weighted by molar-refractivity contribution is 7.18. The Hall–Kier alpha value is -1.36. The molecule has 0 aliphatic carbocycles. The summed E-state index contributed by atoms with van der Waals surface area (Å²) in [7, 11) is 4.01. The van der Waals surface area contributed by atoms with Crippen molar-refractivity contribution in [3.63, 3.8) is 0 Å². The first-order chi connectivity index (χ1) is 9.96. The Balaban J connectivity index is 2.47. The largest absolute Gasteiger partial charge is 0.357 e. The summed E-state index contributed by atoms with van der Waals surface area (Å²) >= 11 is 1.77. The minimum absolute atomic E-state index is 0.456. The highest BCUT2D eigenvalue weighted by Gasteiger charge is 2.18. The third kappa shape index (κ3) is 3.46. The Labute approximate surface area is 131 Å². The maximum Gasteiger partial charge on any atom is 0.225 e. The van der Waals surface area contributed by atoms with E-state index in [4.69, 9.17) is 4.98 Å². The molecular weight excluding hydrogens is 280 g/mol. The summed E-state index contributed by atoms with van der Waals surface area (Å²) in [6.45, 7) is 8.97. The van der Waals surface area contributed by atoms with Gasteiger partial charge in [0.25, 0.3) is 0 Å². The second kappa shape index (κ2) is 6.60. The fraction of sp³-hybridized carbons (Fsp3) is 0.625. The molecule has 2 aromatic rings. The molecule has 2 aromatic heterocycles. The Kier molecular flexibility index (Phi) is 5.04. The van der Waals surface area contributed by atoms with Crippen molar-refractivity contribution >= 4 is 33.3 Å². The summed E-state index contributed by atoms with van der Waals surface area (Å²) in [4.78, 5) is 14.0. The molecule has 2 rings (SSSR count). The lowest BCUT2D eigenvalue weighted by molar-refractivity contribution is 0.503. The van der Waals surface area contributed by atoms with Crippen LogP contribution in [0.5, 0.6) is 0 Å². The van der Waals surface area contributed by atoms with Crippen LogP contribution in [0.15, 0.2) is 6.07 Å². The van der Waals surface area contributed by atoms with Crippen LogP contribution in [0, 0.1) is 5.92 Å². The second-order valence-electron chi connectivity index (χ2n) is 6.00. The molecule has 0 saturated carbocycles. The van der Waals surface area contributed by atoms with Crippen LogP contribution in [0.25, 0.3) is 10.2 Å². The zero-order valence-corrected chi connectivity index (χ0v) is 14.7. The summed E-state index contributed by atoms with van der Waals surface area (Å²) in [6.07, 6.45) is 2.20. The number of hydrogen-bond donors (Lipinski definition) is 1. The summed E-state index contributed by atoms with van der Waals surface area (Å²) in [5.41, 5.74) is 0. The topological polar surface area (TPSA) is 41.1 Å². The molecule has 0 saturated heterocycles. The van der Waals surface area contributed by atoms with Crippen LogP contribution in [0.4, 0.5) is 11.8 Å². The van der Waals surface area contributed by atoms with Gasteiger partial charge in [0.1, 0.15) is 10.6 Å². The number of aromatic nitrogens is 2. The maximum absolute atomic E-state index is 4.71. The van der Waals surface area contributed by atoms with E-state index < -0.39 is 0 Å². The number of anilines is 2. The van der Waals surface area contributed by atoms with Crippen molar-refractivity contribution in [2.45, 2.75) is 46.6 Å². The Morgan fingerprint density at radius 2 is 2.00 bits per heavy atom. The van der Waals surface area contributed by atoms with Crippen LogP contribution in [0.3, 0.4) is 0 Å². The van der Waals surface area contributed by atoms with Crippen LogP contribution in [0.2, 0.25) is 0 Å². The molecule has 116 valence electrons.